The molecular formula is C24H40BN3O7. The zero-order valence-corrected chi connectivity index (χ0v) is 21.5. The van der Waals surface area contributed by atoms with E-state index in [-0.39, 0.29) is 29.8 Å². The normalized spacial score (nSPS) is 32.9. The Labute approximate surface area is 207 Å². The molecular weight excluding hydrogens is 453 g/mol. The summed E-state index contributed by atoms with van der Waals surface area (Å²) in [6, 6.07) is -1.21. The fourth-order valence-corrected chi connectivity index (χ4v) is 6.58. The summed E-state index contributed by atoms with van der Waals surface area (Å²) in [4.78, 5) is 39.0. The van der Waals surface area contributed by atoms with Crippen molar-refractivity contribution >= 4 is 25.0 Å². The first kappa shape index (κ1) is 26.2. The first-order valence-corrected chi connectivity index (χ1v) is 12.9. The van der Waals surface area contributed by atoms with E-state index >= 15 is 0 Å². The molecule has 0 spiro atoms. The number of nitrogens with zero attached hydrogens (tertiary/aromatic N) is 1. The van der Waals surface area contributed by atoms with E-state index in [0.717, 1.165) is 12.8 Å². The minimum Gasteiger partial charge on any atom is -0.465 e. The maximum Gasteiger partial charge on any atom is 0.481 e. The average Bonchev–Trinajstić information content (AvgIpc) is 3.15. The Morgan fingerprint density at radius 3 is 2.40 bits per heavy atom. The molecule has 3 N–H and O–H groups in total. The van der Waals surface area contributed by atoms with Gasteiger partial charge in [0.05, 0.1) is 37.3 Å². The molecule has 35 heavy (non-hydrogen) atoms. The standard InChI is InChI=1S/C24H40BN3O7/c1-14(2)10-19(25-34-18-12-15-11-17(23(15,3)4)24(18,5)35-25)27-21(30)16(26-22(31)32)13-20(29)28-6-8-33-9-7-28/h14-19,26H,6-13H2,1-5H3,(H,27,30)(H,31,32)/t15-,16?,17-,18+,19-,24-/m0/s1. The predicted molar refractivity (Wildman–Crippen MR) is 128 cm³/mol. The zero-order chi connectivity index (χ0) is 25.5. The third kappa shape index (κ3) is 5.18. The van der Waals surface area contributed by atoms with Crippen molar-refractivity contribution < 1.29 is 33.5 Å². The number of ether oxygens (including phenoxy) is 1. The van der Waals surface area contributed by atoms with Gasteiger partial charge >= 0.3 is 13.2 Å². The molecule has 0 aromatic rings. The van der Waals surface area contributed by atoms with Gasteiger partial charge in [-0.2, -0.15) is 0 Å². The average molecular weight is 493 g/mol. The first-order valence-electron chi connectivity index (χ1n) is 12.9. The van der Waals surface area contributed by atoms with Crippen LogP contribution in [-0.4, -0.2) is 85.0 Å². The number of nitrogens with one attached hydrogen (secondary N) is 2. The van der Waals surface area contributed by atoms with Crippen molar-refractivity contribution in [2.75, 3.05) is 26.3 Å². The number of hydrogen-bond acceptors (Lipinski definition) is 6. The molecule has 0 radical (unpaired) electrons. The fourth-order valence-electron chi connectivity index (χ4n) is 6.58. The Hall–Kier alpha value is -1.85. The lowest BCUT2D eigenvalue weighted by Gasteiger charge is -2.64. The molecule has 3 aliphatic carbocycles. The van der Waals surface area contributed by atoms with Crippen LogP contribution < -0.4 is 10.6 Å². The lowest BCUT2D eigenvalue weighted by molar-refractivity contribution is -0.199. The van der Waals surface area contributed by atoms with Gasteiger partial charge in [-0.25, -0.2) is 4.79 Å². The van der Waals surface area contributed by atoms with Crippen LogP contribution in [0.3, 0.4) is 0 Å². The van der Waals surface area contributed by atoms with E-state index in [4.69, 9.17) is 14.0 Å². The van der Waals surface area contributed by atoms with Crippen LogP contribution in [0.25, 0.3) is 0 Å². The smallest absolute Gasteiger partial charge is 0.465 e. The van der Waals surface area contributed by atoms with Crippen LogP contribution in [0, 0.1) is 23.2 Å². The molecule has 2 bridgehead atoms. The number of hydrogen-bond donors (Lipinski definition) is 3. The summed E-state index contributed by atoms with van der Waals surface area (Å²) in [5.74, 6) is -0.0307. The molecule has 3 saturated carbocycles. The molecule has 5 aliphatic rings. The Morgan fingerprint density at radius 2 is 1.80 bits per heavy atom. The van der Waals surface area contributed by atoms with Gasteiger partial charge in [0.15, 0.2) is 0 Å². The van der Waals surface area contributed by atoms with Gasteiger partial charge < -0.3 is 34.7 Å². The van der Waals surface area contributed by atoms with Crippen LogP contribution in [0.1, 0.15) is 60.3 Å². The van der Waals surface area contributed by atoms with E-state index < -0.39 is 36.7 Å². The van der Waals surface area contributed by atoms with Crippen LogP contribution >= 0.6 is 0 Å². The van der Waals surface area contributed by atoms with E-state index in [1.807, 2.05) is 0 Å². The highest BCUT2D eigenvalue weighted by Crippen LogP contribution is 2.65. The van der Waals surface area contributed by atoms with E-state index in [0.29, 0.717) is 44.6 Å². The van der Waals surface area contributed by atoms with Crippen molar-refractivity contribution in [2.45, 2.75) is 84.0 Å². The lowest BCUT2D eigenvalue weighted by atomic mass is 9.43. The van der Waals surface area contributed by atoms with Crippen molar-refractivity contribution in [1.29, 1.82) is 0 Å². The molecule has 196 valence electrons. The maximum absolute atomic E-state index is 13.3. The van der Waals surface area contributed by atoms with E-state index in [1.165, 1.54) is 0 Å². The number of amides is 3. The van der Waals surface area contributed by atoms with Crippen LogP contribution in [0.4, 0.5) is 4.79 Å². The third-order valence-electron chi connectivity index (χ3n) is 8.71. The Balaban J connectivity index is 1.45. The molecule has 2 heterocycles. The van der Waals surface area contributed by atoms with Crippen molar-refractivity contribution in [2.24, 2.45) is 23.2 Å². The van der Waals surface area contributed by atoms with Crippen molar-refractivity contribution in [3.8, 4) is 0 Å². The second kappa shape index (κ2) is 9.90. The van der Waals surface area contributed by atoms with Gasteiger partial charge in [0, 0.05) is 13.1 Å². The molecule has 1 unspecified atom stereocenters. The highest BCUT2D eigenvalue weighted by atomic mass is 16.7. The first-order chi connectivity index (χ1) is 16.4. The van der Waals surface area contributed by atoms with Crippen LogP contribution in [0.15, 0.2) is 0 Å². The second-order valence-corrected chi connectivity index (χ2v) is 11.8. The quantitative estimate of drug-likeness (QED) is 0.439. The largest absolute Gasteiger partial charge is 0.481 e. The minimum atomic E-state index is -1.35. The summed E-state index contributed by atoms with van der Waals surface area (Å²) >= 11 is 0. The summed E-state index contributed by atoms with van der Waals surface area (Å²) in [5.41, 5.74) is -0.204. The van der Waals surface area contributed by atoms with Crippen LogP contribution in [0.2, 0.25) is 0 Å². The Kier molecular flexibility index (Phi) is 7.42. The summed E-state index contributed by atoms with van der Waals surface area (Å²) < 4.78 is 18.3. The molecule has 3 amide bonds. The van der Waals surface area contributed by atoms with Gasteiger partial charge in [-0.3, -0.25) is 9.59 Å². The van der Waals surface area contributed by atoms with Gasteiger partial charge in [0.25, 0.3) is 0 Å². The molecule has 10 nitrogen and oxygen atoms in total. The predicted octanol–water partition coefficient (Wildman–Crippen LogP) is 1.67. The molecule has 6 atom stereocenters. The van der Waals surface area contributed by atoms with Crippen molar-refractivity contribution in [3.63, 3.8) is 0 Å². The Morgan fingerprint density at radius 1 is 1.11 bits per heavy atom. The third-order valence-corrected chi connectivity index (χ3v) is 8.71. The molecule has 2 saturated heterocycles. The Bertz CT molecular complexity index is 834. The lowest BCUT2D eigenvalue weighted by Crippen LogP contribution is -2.65. The molecule has 0 aromatic carbocycles. The number of rotatable bonds is 8. The van der Waals surface area contributed by atoms with Gasteiger partial charge in [0.2, 0.25) is 11.8 Å². The highest BCUT2D eigenvalue weighted by molar-refractivity contribution is 6.48. The summed E-state index contributed by atoms with van der Waals surface area (Å²) in [7, 11) is -0.619. The number of carbonyl (C=O) groups is 3. The van der Waals surface area contributed by atoms with Gasteiger partial charge in [-0.1, -0.05) is 27.7 Å². The monoisotopic (exact) mass is 493 g/mol. The van der Waals surface area contributed by atoms with Gasteiger partial charge in [-0.05, 0) is 49.4 Å². The second-order valence-electron chi connectivity index (χ2n) is 11.8. The number of morpholine rings is 1. The van der Waals surface area contributed by atoms with Crippen LogP contribution in [0.5, 0.6) is 0 Å². The molecule has 5 fully saturated rings. The molecule has 2 aliphatic heterocycles. The maximum atomic E-state index is 13.3. The van der Waals surface area contributed by atoms with E-state index in [1.54, 1.807) is 4.90 Å². The fraction of sp³-hybridized carbons (Fsp3) is 0.875. The molecule has 5 rings (SSSR count). The summed E-state index contributed by atoms with van der Waals surface area (Å²) in [6.45, 7) is 12.5. The number of carboxylic acid groups (broad SMARTS) is 1. The van der Waals surface area contributed by atoms with Crippen LogP contribution in [-0.2, 0) is 23.6 Å². The molecule has 0 aromatic heterocycles. The van der Waals surface area contributed by atoms with Crippen molar-refractivity contribution in [1.82, 2.24) is 15.5 Å². The highest BCUT2D eigenvalue weighted by Gasteiger charge is 2.68. The van der Waals surface area contributed by atoms with E-state index in [2.05, 4.69) is 45.3 Å². The number of carbonyl (C=O) groups excluding carboxylic acids is 2. The van der Waals surface area contributed by atoms with Crippen molar-refractivity contribution in [3.05, 3.63) is 0 Å². The minimum absolute atomic E-state index is 0.0216. The van der Waals surface area contributed by atoms with Gasteiger partial charge in [-0.15, -0.1) is 0 Å². The SMILES string of the molecule is CC(C)C[C@H](NC(=O)C(CC(=O)N1CCOCC1)NC(=O)O)B1O[C@@H]2C[C@@H]3C[C@@H](C3(C)C)[C@]2(C)O1. The van der Waals surface area contributed by atoms with E-state index in [9.17, 15) is 19.5 Å². The summed E-state index contributed by atoms with van der Waals surface area (Å²) in [5, 5.41) is 14.5. The summed E-state index contributed by atoms with van der Waals surface area (Å²) in [6.07, 6.45) is 1.05. The zero-order valence-electron chi connectivity index (χ0n) is 21.5. The topological polar surface area (TPSA) is 126 Å². The molecule has 11 heteroatoms. The van der Waals surface area contributed by atoms with Gasteiger partial charge in [0.1, 0.15) is 6.04 Å².